The highest BCUT2D eigenvalue weighted by Crippen LogP contribution is 2.13. The third-order valence-corrected chi connectivity index (χ3v) is 4.59. The molecule has 0 saturated heterocycles. The van der Waals surface area contributed by atoms with Crippen LogP contribution in [0.3, 0.4) is 0 Å². The zero-order chi connectivity index (χ0) is 18.9. The molecule has 0 aliphatic heterocycles. The highest BCUT2D eigenvalue weighted by Gasteiger charge is 2.20. The fourth-order valence-corrected chi connectivity index (χ4v) is 3.20. The first kappa shape index (κ1) is 20.1. The summed E-state index contributed by atoms with van der Waals surface area (Å²) in [5.41, 5.74) is 1.85. The van der Waals surface area contributed by atoms with Crippen LogP contribution in [-0.2, 0) is 11.2 Å². The third-order valence-electron chi connectivity index (χ3n) is 3.91. The summed E-state index contributed by atoms with van der Waals surface area (Å²) in [5.74, 6) is -0.0704. The summed E-state index contributed by atoms with van der Waals surface area (Å²) in [6.45, 7) is 6.79. The normalized spacial score (nSPS) is 10.8. The van der Waals surface area contributed by atoms with Crippen LogP contribution in [0, 0.1) is 5.92 Å². The van der Waals surface area contributed by atoms with Gasteiger partial charge in [0.2, 0.25) is 5.91 Å². The van der Waals surface area contributed by atoms with E-state index in [9.17, 15) is 9.59 Å². The molecular weight excluding hydrogens is 346 g/mol. The third kappa shape index (κ3) is 6.26. The molecule has 1 heterocycles. The van der Waals surface area contributed by atoms with E-state index in [4.69, 9.17) is 0 Å². The summed E-state index contributed by atoms with van der Waals surface area (Å²) < 4.78 is 0. The predicted molar refractivity (Wildman–Crippen MR) is 107 cm³/mol. The number of thiazole rings is 1. The van der Waals surface area contributed by atoms with Gasteiger partial charge in [-0.2, -0.15) is 0 Å². The lowest BCUT2D eigenvalue weighted by Gasteiger charge is -2.24. The Morgan fingerprint density at radius 2 is 1.96 bits per heavy atom. The van der Waals surface area contributed by atoms with Gasteiger partial charge in [-0.15, -0.1) is 11.3 Å². The van der Waals surface area contributed by atoms with E-state index in [-0.39, 0.29) is 24.3 Å². The topological polar surface area (TPSA) is 62.3 Å². The molecule has 0 bridgehead atoms. The number of nitrogens with one attached hydrogen (secondary N) is 1. The number of aromatic nitrogens is 1. The standard InChI is InChI=1S/C20H27N3O2S/c1-4-5-6-16-7-9-17(10-8-16)19(25)23(13-15(2)3)14-18(24)22-20-21-11-12-26-20/h7-12,15H,4-6,13-14H2,1-3H3,(H,21,22,24). The molecule has 0 radical (unpaired) electrons. The maximum Gasteiger partial charge on any atom is 0.254 e. The van der Waals surface area contributed by atoms with Crippen molar-refractivity contribution < 1.29 is 9.59 Å². The molecule has 6 heteroatoms. The zero-order valence-electron chi connectivity index (χ0n) is 15.7. The maximum atomic E-state index is 12.9. The summed E-state index contributed by atoms with van der Waals surface area (Å²) in [5, 5.41) is 5.09. The Morgan fingerprint density at radius 3 is 2.54 bits per heavy atom. The molecule has 1 N–H and O–H groups in total. The van der Waals surface area contributed by atoms with E-state index < -0.39 is 0 Å². The fourth-order valence-electron chi connectivity index (χ4n) is 2.65. The van der Waals surface area contributed by atoms with Gasteiger partial charge in [-0.3, -0.25) is 9.59 Å². The van der Waals surface area contributed by atoms with Crippen molar-refractivity contribution in [2.75, 3.05) is 18.4 Å². The second-order valence-electron chi connectivity index (χ2n) is 6.77. The predicted octanol–water partition coefficient (Wildman–Crippen LogP) is 4.22. The molecule has 0 unspecified atom stereocenters. The molecule has 1 aromatic carbocycles. The fraction of sp³-hybridized carbons (Fsp3) is 0.450. The summed E-state index contributed by atoms with van der Waals surface area (Å²) in [6, 6.07) is 7.73. The van der Waals surface area contributed by atoms with Gasteiger partial charge in [-0.1, -0.05) is 39.3 Å². The minimum Gasteiger partial charge on any atom is -0.329 e. The van der Waals surface area contributed by atoms with Crippen LogP contribution in [0.1, 0.15) is 49.5 Å². The van der Waals surface area contributed by atoms with E-state index in [1.54, 1.807) is 16.5 Å². The van der Waals surface area contributed by atoms with Crippen molar-refractivity contribution >= 4 is 28.3 Å². The van der Waals surface area contributed by atoms with Gasteiger partial charge >= 0.3 is 0 Å². The molecule has 1 aromatic heterocycles. The number of unbranched alkanes of at least 4 members (excludes halogenated alkanes) is 1. The van der Waals surface area contributed by atoms with E-state index in [2.05, 4.69) is 17.2 Å². The van der Waals surface area contributed by atoms with E-state index >= 15 is 0 Å². The lowest BCUT2D eigenvalue weighted by molar-refractivity contribution is -0.117. The number of aryl methyl sites for hydroxylation is 1. The van der Waals surface area contributed by atoms with Crippen LogP contribution < -0.4 is 5.32 Å². The first-order valence-corrected chi connectivity index (χ1v) is 9.95. The highest BCUT2D eigenvalue weighted by atomic mass is 32.1. The van der Waals surface area contributed by atoms with Crippen LogP contribution in [0.2, 0.25) is 0 Å². The number of nitrogens with zero attached hydrogens (tertiary/aromatic N) is 2. The van der Waals surface area contributed by atoms with Gasteiger partial charge in [0.1, 0.15) is 6.54 Å². The van der Waals surface area contributed by atoms with E-state index in [1.165, 1.54) is 16.9 Å². The number of hydrogen-bond acceptors (Lipinski definition) is 4. The van der Waals surface area contributed by atoms with E-state index in [0.717, 1.165) is 19.3 Å². The molecule has 0 atom stereocenters. The van der Waals surface area contributed by atoms with Crippen LogP contribution in [0.15, 0.2) is 35.8 Å². The monoisotopic (exact) mass is 373 g/mol. The van der Waals surface area contributed by atoms with E-state index in [1.807, 2.05) is 38.1 Å². The SMILES string of the molecule is CCCCc1ccc(C(=O)N(CC(=O)Nc2nccs2)CC(C)C)cc1. The quantitative estimate of drug-likeness (QED) is 0.716. The zero-order valence-corrected chi connectivity index (χ0v) is 16.5. The Balaban J connectivity index is 2.04. The smallest absolute Gasteiger partial charge is 0.254 e. The van der Waals surface area contributed by atoms with E-state index in [0.29, 0.717) is 17.2 Å². The van der Waals surface area contributed by atoms with Gasteiger partial charge in [0.05, 0.1) is 0 Å². The molecule has 2 aromatic rings. The summed E-state index contributed by atoms with van der Waals surface area (Å²) in [6.07, 6.45) is 4.95. The maximum absolute atomic E-state index is 12.9. The molecule has 140 valence electrons. The van der Waals surface area contributed by atoms with Crippen LogP contribution in [0.25, 0.3) is 0 Å². The molecular formula is C20H27N3O2S. The molecule has 0 fully saturated rings. The first-order chi connectivity index (χ1) is 12.5. The molecule has 0 aliphatic carbocycles. The van der Waals surface area contributed by atoms with Crippen molar-refractivity contribution in [1.82, 2.24) is 9.88 Å². The number of benzene rings is 1. The lowest BCUT2D eigenvalue weighted by Crippen LogP contribution is -2.40. The number of amides is 2. The van der Waals surface area contributed by atoms with Crippen molar-refractivity contribution in [2.45, 2.75) is 40.0 Å². The number of hydrogen-bond donors (Lipinski definition) is 1. The minimum atomic E-state index is -0.228. The summed E-state index contributed by atoms with van der Waals surface area (Å²) >= 11 is 1.36. The number of carbonyl (C=O) groups is 2. The summed E-state index contributed by atoms with van der Waals surface area (Å²) in [7, 11) is 0. The number of anilines is 1. The number of rotatable bonds is 9. The minimum absolute atomic E-state index is 0.0220. The Hall–Kier alpha value is -2.21. The first-order valence-electron chi connectivity index (χ1n) is 9.07. The Labute approximate surface area is 159 Å². The molecule has 0 aliphatic rings. The van der Waals surface area contributed by atoms with Crippen LogP contribution in [0.5, 0.6) is 0 Å². The Bertz CT molecular complexity index is 696. The van der Waals surface area contributed by atoms with Crippen LogP contribution in [-0.4, -0.2) is 34.8 Å². The highest BCUT2D eigenvalue weighted by molar-refractivity contribution is 7.13. The van der Waals surface area contributed by atoms with Crippen LogP contribution >= 0.6 is 11.3 Å². The van der Waals surface area contributed by atoms with Crippen molar-refractivity contribution in [1.29, 1.82) is 0 Å². The molecule has 2 amide bonds. The molecule has 26 heavy (non-hydrogen) atoms. The summed E-state index contributed by atoms with van der Waals surface area (Å²) in [4.78, 5) is 30.8. The average Bonchev–Trinajstić information content (AvgIpc) is 3.11. The molecule has 2 rings (SSSR count). The second kappa shape index (κ2) is 10.1. The molecule has 5 nitrogen and oxygen atoms in total. The molecule has 0 saturated carbocycles. The lowest BCUT2D eigenvalue weighted by atomic mass is 10.1. The van der Waals surface area contributed by atoms with Crippen molar-refractivity contribution in [2.24, 2.45) is 5.92 Å². The molecule has 0 spiro atoms. The Morgan fingerprint density at radius 1 is 1.23 bits per heavy atom. The van der Waals surface area contributed by atoms with Gasteiger partial charge in [0.15, 0.2) is 5.13 Å². The van der Waals surface area contributed by atoms with Crippen LogP contribution in [0.4, 0.5) is 5.13 Å². The van der Waals surface area contributed by atoms with Crippen molar-refractivity contribution in [3.8, 4) is 0 Å². The largest absolute Gasteiger partial charge is 0.329 e. The van der Waals surface area contributed by atoms with Gasteiger partial charge < -0.3 is 10.2 Å². The Kier molecular flexibility index (Phi) is 7.78. The van der Waals surface area contributed by atoms with Gasteiger partial charge in [0, 0.05) is 23.7 Å². The van der Waals surface area contributed by atoms with Gasteiger partial charge in [0.25, 0.3) is 5.91 Å². The number of carbonyl (C=O) groups excluding carboxylic acids is 2. The van der Waals surface area contributed by atoms with Gasteiger partial charge in [-0.05, 0) is 36.5 Å². The van der Waals surface area contributed by atoms with Crippen molar-refractivity contribution in [3.05, 3.63) is 47.0 Å². The average molecular weight is 374 g/mol. The van der Waals surface area contributed by atoms with Gasteiger partial charge in [-0.25, -0.2) is 4.98 Å². The van der Waals surface area contributed by atoms with Crippen molar-refractivity contribution in [3.63, 3.8) is 0 Å². The second-order valence-corrected chi connectivity index (χ2v) is 7.66.